The molecule has 306 valence electrons. The number of fused-ring (bicyclic) bond motifs is 13. The molecule has 6 heterocycles. The summed E-state index contributed by atoms with van der Waals surface area (Å²) in [6, 6.07) is 31.8. The van der Waals surface area contributed by atoms with Crippen LogP contribution in [-0.4, -0.2) is 13.1 Å². The Balaban J connectivity index is 1.28. The summed E-state index contributed by atoms with van der Waals surface area (Å²) in [7, 11) is -1.73. The molecule has 4 aromatic heterocycles. The van der Waals surface area contributed by atoms with Crippen molar-refractivity contribution < 1.29 is 13.6 Å². The van der Waals surface area contributed by atoms with Gasteiger partial charge in [-0.05, 0) is 90.8 Å². The van der Waals surface area contributed by atoms with E-state index < -0.39 is 8.07 Å². The van der Waals surface area contributed by atoms with Crippen molar-refractivity contribution >= 4 is 35.3 Å². The number of pyridine rings is 3. The molecule has 0 aliphatic carbocycles. The van der Waals surface area contributed by atoms with Gasteiger partial charge >= 0.3 is 0 Å². The molecule has 4 nitrogen and oxygen atoms in total. The van der Waals surface area contributed by atoms with Crippen molar-refractivity contribution in [3.63, 3.8) is 0 Å². The van der Waals surface area contributed by atoms with Crippen LogP contribution in [0.25, 0.3) is 55.8 Å². The van der Waals surface area contributed by atoms with Crippen molar-refractivity contribution in [1.82, 2.24) is 4.98 Å². The SMILES string of the molecule is C=C1C[n+]2cc(C)c(CC(C)(C)C)cc2-c2c(ccc3c2oc2nc(-c4ccccc4)ccc23)CCC2c3ccc(C)cc3-c3cc(CC(C)(C)C)c([Si](C)(C)C)c[n+]3C12. The fraction of sp³-hybridized carbons (Fsp3) is 0.364. The van der Waals surface area contributed by atoms with Crippen LogP contribution >= 0.6 is 0 Å². The van der Waals surface area contributed by atoms with E-state index in [-0.39, 0.29) is 22.8 Å². The Labute approximate surface area is 359 Å². The highest BCUT2D eigenvalue weighted by atomic mass is 28.3. The van der Waals surface area contributed by atoms with E-state index in [1.807, 2.05) is 6.07 Å². The summed E-state index contributed by atoms with van der Waals surface area (Å²) >= 11 is 0. The average Bonchev–Trinajstić information content (AvgIpc) is 3.54. The lowest BCUT2D eigenvalue weighted by atomic mass is 9.75. The van der Waals surface area contributed by atoms with Gasteiger partial charge in [0.1, 0.15) is 0 Å². The molecule has 2 aliphatic rings. The summed E-state index contributed by atoms with van der Waals surface area (Å²) in [5.41, 5.74) is 18.6. The third-order valence-electron chi connectivity index (χ3n) is 12.9. The monoisotopic (exact) mass is 809 g/mol. The van der Waals surface area contributed by atoms with E-state index in [9.17, 15) is 0 Å². The second kappa shape index (κ2) is 14.5. The molecule has 3 aromatic carbocycles. The van der Waals surface area contributed by atoms with E-state index in [1.54, 1.807) is 5.19 Å². The Morgan fingerprint density at radius 2 is 1.48 bits per heavy atom. The largest absolute Gasteiger partial charge is 0.437 e. The van der Waals surface area contributed by atoms with Crippen LogP contribution in [-0.2, 0) is 25.8 Å². The van der Waals surface area contributed by atoms with Gasteiger partial charge in [-0.1, -0.05) is 128 Å². The quantitative estimate of drug-likeness (QED) is 0.101. The highest BCUT2D eigenvalue weighted by molar-refractivity contribution is 6.89. The number of aromatic nitrogens is 3. The molecule has 0 saturated heterocycles. The molecule has 2 atom stereocenters. The molecule has 0 fully saturated rings. The highest BCUT2D eigenvalue weighted by Gasteiger charge is 2.45. The van der Waals surface area contributed by atoms with Gasteiger partial charge in [-0.3, -0.25) is 0 Å². The molecule has 0 bridgehead atoms. The number of aryl methyl sites for hydroxylation is 3. The zero-order valence-electron chi connectivity index (χ0n) is 37.9. The summed E-state index contributed by atoms with van der Waals surface area (Å²) in [5, 5.41) is 3.73. The minimum Gasteiger partial charge on any atom is -0.437 e. The number of hydrogen-bond donors (Lipinski definition) is 0. The Bertz CT molecular complexity index is 2840. The van der Waals surface area contributed by atoms with Crippen molar-refractivity contribution in [2.75, 3.05) is 0 Å². The average molecular weight is 810 g/mol. The van der Waals surface area contributed by atoms with Crippen LogP contribution in [0.2, 0.25) is 19.6 Å². The lowest BCUT2D eigenvalue weighted by Crippen LogP contribution is -2.55. The lowest BCUT2D eigenvalue weighted by Gasteiger charge is -2.34. The molecule has 0 N–H and O–H groups in total. The van der Waals surface area contributed by atoms with E-state index in [4.69, 9.17) is 16.0 Å². The van der Waals surface area contributed by atoms with Crippen molar-refractivity contribution in [2.24, 2.45) is 10.8 Å². The third-order valence-corrected chi connectivity index (χ3v) is 15.0. The van der Waals surface area contributed by atoms with Crippen molar-refractivity contribution in [3.05, 3.63) is 143 Å². The van der Waals surface area contributed by atoms with Gasteiger partial charge in [0.2, 0.25) is 17.1 Å². The van der Waals surface area contributed by atoms with Crippen molar-refractivity contribution in [2.45, 2.75) is 119 Å². The molecular weight excluding hydrogens is 747 g/mol. The fourth-order valence-electron chi connectivity index (χ4n) is 10.3. The smallest absolute Gasteiger partial charge is 0.227 e. The molecule has 9 rings (SSSR count). The number of furan rings is 1. The Hall–Kier alpha value is -5.13. The molecule has 2 aliphatic heterocycles. The number of rotatable bonds is 4. The molecule has 0 radical (unpaired) electrons. The van der Waals surface area contributed by atoms with Crippen molar-refractivity contribution in [3.8, 4) is 33.8 Å². The third kappa shape index (κ3) is 7.38. The van der Waals surface area contributed by atoms with Crippen LogP contribution < -0.4 is 14.3 Å². The first-order valence-corrected chi connectivity index (χ1v) is 25.6. The summed E-state index contributed by atoms with van der Waals surface area (Å²) in [6.07, 6.45) is 8.95. The van der Waals surface area contributed by atoms with Crippen LogP contribution in [0, 0.1) is 24.7 Å². The van der Waals surface area contributed by atoms with Gasteiger partial charge in [0.15, 0.2) is 30.6 Å². The maximum atomic E-state index is 7.00. The van der Waals surface area contributed by atoms with Crippen LogP contribution in [0.5, 0.6) is 0 Å². The van der Waals surface area contributed by atoms with E-state index >= 15 is 0 Å². The van der Waals surface area contributed by atoms with Gasteiger partial charge in [0.05, 0.1) is 36.4 Å². The first kappa shape index (κ1) is 40.3. The zero-order valence-corrected chi connectivity index (χ0v) is 38.9. The molecule has 0 saturated carbocycles. The lowest BCUT2D eigenvalue weighted by molar-refractivity contribution is -0.722. The minimum absolute atomic E-state index is 0.112. The summed E-state index contributed by atoms with van der Waals surface area (Å²) in [5.74, 6) is 0.256. The number of allylic oxidation sites excluding steroid dienone is 1. The number of nitrogens with zero attached hydrogens (tertiary/aromatic N) is 3. The van der Waals surface area contributed by atoms with Crippen LogP contribution in [0.4, 0.5) is 0 Å². The Morgan fingerprint density at radius 3 is 2.20 bits per heavy atom. The van der Waals surface area contributed by atoms with Gasteiger partial charge < -0.3 is 4.42 Å². The second-order valence-electron chi connectivity index (χ2n) is 21.6. The summed E-state index contributed by atoms with van der Waals surface area (Å²) < 4.78 is 12.2. The van der Waals surface area contributed by atoms with Crippen LogP contribution in [0.3, 0.4) is 0 Å². The zero-order chi connectivity index (χ0) is 42.5. The molecular formula is C55H63N3OSi+2. The van der Waals surface area contributed by atoms with Gasteiger partial charge in [-0.25, -0.2) is 4.98 Å². The molecule has 0 spiro atoms. The first-order chi connectivity index (χ1) is 28.3. The number of benzene rings is 3. The van der Waals surface area contributed by atoms with Gasteiger partial charge in [-0.15, -0.1) is 0 Å². The highest BCUT2D eigenvalue weighted by Crippen LogP contribution is 2.46. The predicted octanol–water partition coefficient (Wildman–Crippen LogP) is 12.7. The van der Waals surface area contributed by atoms with E-state index in [1.165, 1.54) is 61.5 Å². The standard InChI is InChI=1S/C55H63N3OSi/c1-34-18-21-41-42-22-19-38-20-23-43-44-24-25-46(37-16-14-13-15-17-37)56-53(44)59-52(43)50(38)48-27-39(29-54(4,5)6)35(2)31-57(48)32-36(3)51(42)58-33-49(60(10,11)12)40(30-55(7,8)9)28-47(58)45(41)26-34/h13-18,20-21,23-28,31,33,42,51H,3,19,22,29-30,32H2,1-2,4-12H3/q+2. The van der Waals surface area contributed by atoms with Crippen molar-refractivity contribution in [1.29, 1.82) is 0 Å². The Morgan fingerprint density at radius 1 is 0.783 bits per heavy atom. The first-order valence-electron chi connectivity index (χ1n) is 22.1. The van der Waals surface area contributed by atoms with Crippen LogP contribution in [0.15, 0.2) is 114 Å². The van der Waals surface area contributed by atoms with E-state index in [2.05, 4.69) is 175 Å². The molecule has 5 heteroatoms. The second-order valence-corrected chi connectivity index (χ2v) is 26.6. The summed E-state index contributed by atoms with van der Waals surface area (Å²) in [4.78, 5) is 5.12. The topological polar surface area (TPSA) is 33.8 Å². The van der Waals surface area contributed by atoms with Crippen LogP contribution in [0.1, 0.15) is 93.3 Å². The fourth-order valence-corrected chi connectivity index (χ4v) is 12.0. The van der Waals surface area contributed by atoms with Gasteiger partial charge in [-0.2, -0.15) is 9.13 Å². The van der Waals surface area contributed by atoms with Gasteiger partial charge in [0, 0.05) is 39.2 Å². The molecule has 60 heavy (non-hydrogen) atoms. The van der Waals surface area contributed by atoms with Gasteiger partial charge in [0.25, 0.3) is 0 Å². The maximum absolute atomic E-state index is 7.00. The molecule has 7 aromatic rings. The van der Waals surface area contributed by atoms with E-state index in [0.29, 0.717) is 12.3 Å². The minimum atomic E-state index is -1.73. The molecule has 2 unspecified atom stereocenters. The Kier molecular flexibility index (Phi) is 9.74. The number of hydrogen-bond acceptors (Lipinski definition) is 2. The normalized spacial score (nSPS) is 16.9. The van der Waals surface area contributed by atoms with E-state index in [0.717, 1.165) is 53.3 Å². The molecule has 0 amide bonds. The summed E-state index contributed by atoms with van der Waals surface area (Å²) in [6.45, 7) is 32.0. The maximum Gasteiger partial charge on any atom is 0.227 e. The predicted molar refractivity (Wildman–Crippen MR) is 253 cm³/mol.